The van der Waals surface area contributed by atoms with E-state index in [1.165, 1.54) is 18.4 Å². The fourth-order valence-corrected chi connectivity index (χ4v) is 5.02. The second-order valence-corrected chi connectivity index (χ2v) is 10.4. The highest BCUT2D eigenvalue weighted by atomic mass is 35.5. The molecule has 1 saturated carbocycles. The molecule has 7 heteroatoms. The Morgan fingerprint density at radius 2 is 1.72 bits per heavy atom. The standard InChI is InChI=1S/C22H27ClN2O3S/c1-25(2)29(27,28)20-11-9-17(10-12-20)16-24-21(26)22(13-4-3-5-14-22)18-7-6-8-19(23)15-18/h6-12,15H,3-5,13-14,16H2,1-2H3,(H,24,26). The van der Waals surface area contributed by atoms with Crippen LogP contribution in [-0.2, 0) is 26.8 Å². The minimum Gasteiger partial charge on any atom is -0.351 e. The van der Waals surface area contributed by atoms with Gasteiger partial charge in [-0.05, 0) is 48.2 Å². The van der Waals surface area contributed by atoms with E-state index in [1.807, 2.05) is 24.3 Å². The van der Waals surface area contributed by atoms with Gasteiger partial charge in [-0.2, -0.15) is 0 Å². The van der Waals surface area contributed by atoms with Gasteiger partial charge in [-0.3, -0.25) is 4.79 Å². The highest BCUT2D eigenvalue weighted by Crippen LogP contribution is 2.40. The first kappa shape index (κ1) is 21.8. The molecule has 2 aromatic carbocycles. The third-order valence-corrected chi connectivity index (χ3v) is 7.74. The molecule has 5 nitrogen and oxygen atoms in total. The summed E-state index contributed by atoms with van der Waals surface area (Å²) in [5.74, 6) is 0.00413. The van der Waals surface area contributed by atoms with Crippen LogP contribution in [0, 0.1) is 0 Å². The topological polar surface area (TPSA) is 66.5 Å². The zero-order valence-corrected chi connectivity index (χ0v) is 18.4. The third kappa shape index (κ3) is 4.65. The van der Waals surface area contributed by atoms with E-state index in [0.717, 1.165) is 43.2 Å². The zero-order valence-electron chi connectivity index (χ0n) is 16.8. The first-order chi connectivity index (χ1) is 13.8. The molecular weight excluding hydrogens is 408 g/mol. The molecule has 1 N–H and O–H groups in total. The molecule has 0 aliphatic heterocycles. The lowest BCUT2D eigenvalue weighted by Crippen LogP contribution is -2.45. The van der Waals surface area contributed by atoms with Gasteiger partial charge in [-0.15, -0.1) is 0 Å². The highest BCUT2D eigenvalue weighted by Gasteiger charge is 2.41. The van der Waals surface area contributed by atoms with Gasteiger partial charge in [0.05, 0.1) is 10.3 Å². The molecule has 2 aromatic rings. The molecule has 0 aromatic heterocycles. The molecule has 3 rings (SSSR count). The molecule has 156 valence electrons. The highest BCUT2D eigenvalue weighted by molar-refractivity contribution is 7.89. The fraction of sp³-hybridized carbons (Fsp3) is 0.409. The molecule has 0 atom stereocenters. The molecule has 1 fully saturated rings. The van der Waals surface area contributed by atoms with Crippen molar-refractivity contribution in [1.82, 2.24) is 9.62 Å². The summed E-state index contributed by atoms with van der Waals surface area (Å²) in [6.07, 6.45) is 4.77. The number of nitrogens with zero attached hydrogens (tertiary/aromatic N) is 1. The van der Waals surface area contributed by atoms with Crippen molar-refractivity contribution in [1.29, 1.82) is 0 Å². The van der Waals surface area contributed by atoms with Crippen LogP contribution < -0.4 is 5.32 Å². The predicted octanol–water partition coefficient (Wildman–Crippen LogP) is 4.11. The summed E-state index contributed by atoms with van der Waals surface area (Å²) < 4.78 is 25.6. The Morgan fingerprint density at radius 1 is 1.07 bits per heavy atom. The van der Waals surface area contributed by atoms with Crippen LogP contribution >= 0.6 is 11.6 Å². The Kier molecular flexibility index (Phi) is 6.66. The molecule has 0 radical (unpaired) electrons. The normalized spacial score (nSPS) is 16.6. The minimum absolute atomic E-state index is 0.00413. The maximum atomic E-state index is 13.3. The SMILES string of the molecule is CN(C)S(=O)(=O)c1ccc(CNC(=O)C2(c3cccc(Cl)c3)CCCCC2)cc1. The number of carbonyl (C=O) groups is 1. The van der Waals surface area contributed by atoms with E-state index in [1.54, 1.807) is 24.3 Å². The number of nitrogens with one attached hydrogen (secondary N) is 1. The minimum atomic E-state index is -3.46. The summed E-state index contributed by atoms with van der Waals surface area (Å²) in [4.78, 5) is 13.5. The number of hydrogen-bond acceptors (Lipinski definition) is 3. The second kappa shape index (κ2) is 8.86. The van der Waals surface area contributed by atoms with Crippen LogP contribution in [0.5, 0.6) is 0 Å². The van der Waals surface area contributed by atoms with E-state index >= 15 is 0 Å². The Balaban J connectivity index is 1.76. The Bertz CT molecular complexity index is 966. The lowest BCUT2D eigenvalue weighted by Gasteiger charge is -2.36. The van der Waals surface area contributed by atoms with Crippen LogP contribution in [0.15, 0.2) is 53.4 Å². The largest absolute Gasteiger partial charge is 0.351 e. The second-order valence-electron chi connectivity index (χ2n) is 7.77. The molecule has 1 amide bonds. The van der Waals surface area contributed by atoms with Gasteiger partial charge < -0.3 is 5.32 Å². The van der Waals surface area contributed by atoms with Gasteiger partial charge in [0.15, 0.2) is 0 Å². The summed E-state index contributed by atoms with van der Waals surface area (Å²) in [6.45, 7) is 0.351. The molecule has 1 aliphatic rings. The van der Waals surface area contributed by atoms with E-state index in [9.17, 15) is 13.2 Å². The molecule has 0 spiro atoms. The van der Waals surface area contributed by atoms with E-state index in [2.05, 4.69) is 5.32 Å². The van der Waals surface area contributed by atoms with Crippen molar-refractivity contribution in [3.05, 3.63) is 64.7 Å². The number of benzene rings is 2. The van der Waals surface area contributed by atoms with Crippen molar-refractivity contribution in [2.24, 2.45) is 0 Å². The predicted molar refractivity (Wildman–Crippen MR) is 115 cm³/mol. The van der Waals surface area contributed by atoms with Gasteiger partial charge in [-0.1, -0.05) is 55.1 Å². The average molecular weight is 435 g/mol. The van der Waals surface area contributed by atoms with Crippen molar-refractivity contribution >= 4 is 27.5 Å². The molecule has 29 heavy (non-hydrogen) atoms. The molecule has 0 heterocycles. The molecule has 0 saturated heterocycles. The van der Waals surface area contributed by atoms with Gasteiger partial charge >= 0.3 is 0 Å². The van der Waals surface area contributed by atoms with Gasteiger partial charge in [-0.25, -0.2) is 12.7 Å². The summed E-state index contributed by atoms with van der Waals surface area (Å²) in [7, 11) is -0.453. The summed E-state index contributed by atoms with van der Waals surface area (Å²) >= 11 is 6.19. The molecule has 1 aliphatic carbocycles. The van der Waals surface area contributed by atoms with E-state index < -0.39 is 15.4 Å². The van der Waals surface area contributed by atoms with Crippen molar-refractivity contribution in [3.8, 4) is 0 Å². The zero-order chi connectivity index (χ0) is 21.1. The number of rotatable bonds is 6. The van der Waals surface area contributed by atoms with Crippen LogP contribution in [-0.4, -0.2) is 32.7 Å². The van der Waals surface area contributed by atoms with Crippen LogP contribution in [0.25, 0.3) is 0 Å². The fourth-order valence-electron chi connectivity index (χ4n) is 3.93. The summed E-state index contributed by atoms with van der Waals surface area (Å²) in [5.41, 5.74) is 1.26. The van der Waals surface area contributed by atoms with Crippen LogP contribution in [0.2, 0.25) is 5.02 Å². The monoisotopic (exact) mass is 434 g/mol. The van der Waals surface area contributed by atoms with Crippen molar-refractivity contribution < 1.29 is 13.2 Å². The Morgan fingerprint density at radius 3 is 2.31 bits per heavy atom. The maximum Gasteiger partial charge on any atom is 0.242 e. The summed E-state index contributed by atoms with van der Waals surface area (Å²) in [5, 5.41) is 3.70. The lowest BCUT2D eigenvalue weighted by molar-refractivity contribution is -0.128. The molecular formula is C22H27ClN2O3S. The van der Waals surface area contributed by atoms with E-state index in [4.69, 9.17) is 11.6 Å². The van der Waals surface area contributed by atoms with Crippen molar-refractivity contribution in [2.75, 3.05) is 14.1 Å². The first-order valence-corrected chi connectivity index (χ1v) is 11.6. The maximum absolute atomic E-state index is 13.3. The number of carbonyl (C=O) groups excluding carboxylic acids is 1. The Labute approximate surface area is 178 Å². The van der Waals surface area contributed by atoms with Gasteiger partial charge in [0, 0.05) is 25.7 Å². The van der Waals surface area contributed by atoms with Crippen molar-refractivity contribution in [3.63, 3.8) is 0 Å². The van der Waals surface area contributed by atoms with E-state index in [-0.39, 0.29) is 10.8 Å². The van der Waals surface area contributed by atoms with Crippen LogP contribution in [0.3, 0.4) is 0 Å². The number of hydrogen-bond donors (Lipinski definition) is 1. The Hall–Kier alpha value is -1.89. The number of amides is 1. The quantitative estimate of drug-likeness (QED) is 0.743. The smallest absolute Gasteiger partial charge is 0.242 e. The van der Waals surface area contributed by atoms with Gasteiger partial charge in [0.1, 0.15) is 0 Å². The summed E-state index contributed by atoms with van der Waals surface area (Å²) in [6, 6.07) is 14.2. The van der Waals surface area contributed by atoms with Gasteiger partial charge in [0.2, 0.25) is 15.9 Å². The molecule has 0 bridgehead atoms. The van der Waals surface area contributed by atoms with Crippen LogP contribution in [0.4, 0.5) is 0 Å². The number of sulfonamides is 1. The van der Waals surface area contributed by atoms with Crippen molar-refractivity contribution in [2.45, 2.75) is 49.0 Å². The average Bonchev–Trinajstić information content (AvgIpc) is 2.72. The third-order valence-electron chi connectivity index (χ3n) is 5.67. The number of halogens is 1. The van der Waals surface area contributed by atoms with E-state index in [0.29, 0.717) is 11.6 Å². The van der Waals surface area contributed by atoms with Gasteiger partial charge in [0.25, 0.3) is 0 Å². The lowest BCUT2D eigenvalue weighted by atomic mass is 9.68. The van der Waals surface area contributed by atoms with Crippen LogP contribution in [0.1, 0.15) is 43.2 Å². The molecule has 0 unspecified atom stereocenters. The first-order valence-electron chi connectivity index (χ1n) is 9.81.